The van der Waals surface area contributed by atoms with E-state index in [1.807, 2.05) is 6.92 Å². The van der Waals surface area contributed by atoms with Crippen molar-refractivity contribution < 1.29 is 4.84 Å². The molecule has 0 atom stereocenters. The first-order chi connectivity index (χ1) is 3.84. The van der Waals surface area contributed by atoms with E-state index in [-0.39, 0.29) is 0 Å². The van der Waals surface area contributed by atoms with Crippen molar-refractivity contribution in [2.75, 3.05) is 7.11 Å². The molecule has 0 amide bonds. The highest BCUT2D eigenvalue weighted by Crippen LogP contribution is 2.32. The summed E-state index contributed by atoms with van der Waals surface area (Å²) < 4.78 is 0. The van der Waals surface area contributed by atoms with Gasteiger partial charge in [0, 0.05) is 5.92 Å². The minimum atomic E-state index is 1.06. The molecule has 0 bridgehead atoms. The van der Waals surface area contributed by atoms with E-state index < -0.39 is 0 Å². The van der Waals surface area contributed by atoms with Crippen LogP contribution in [0.4, 0.5) is 0 Å². The van der Waals surface area contributed by atoms with Crippen LogP contribution >= 0.6 is 0 Å². The van der Waals surface area contributed by atoms with Gasteiger partial charge in [-0.05, 0) is 19.8 Å². The molecule has 1 saturated carbocycles. The second kappa shape index (κ2) is 2.16. The summed E-state index contributed by atoms with van der Waals surface area (Å²) in [6.45, 7) is 1.98. The van der Waals surface area contributed by atoms with Gasteiger partial charge in [0.2, 0.25) is 0 Å². The van der Waals surface area contributed by atoms with Crippen LogP contribution in [0.3, 0.4) is 0 Å². The average molecular weight is 112 g/mol. The van der Waals surface area contributed by atoms with Crippen LogP contribution in [0.25, 0.3) is 0 Å². The van der Waals surface area contributed by atoms with Crippen molar-refractivity contribution in [2.45, 2.75) is 19.8 Å². The molecule has 0 aromatic heterocycles. The van der Waals surface area contributed by atoms with Crippen molar-refractivity contribution in [1.29, 1.82) is 0 Å². The maximum Gasteiger partial charge on any atom is 0.106 e. The van der Waals surface area contributed by atoms with Crippen molar-refractivity contribution in [3.63, 3.8) is 0 Å². The molecule has 0 unspecified atom stereocenters. The zero-order valence-corrected chi connectivity index (χ0v) is 5.27. The van der Waals surface area contributed by atoms with Gasteiger partial charge in [-0.15, -0.1) is 0 Å². The number of hydrogen-bond donors (Lipinski definition) is 0. The van der Waals surface area contributed by atoms with Crippen LogP contribution in [0, 0.1) is 5.92 Å². The van der Waals surface area contributed by atoms with Gasteiger partial charge in [0.05, 0.1) is 5.71 Å². The van der Waals surface area contributed by atoms with E-state index in [2.05, 4.69) is 9.99 Å². The Labute approximate surface area is 49.5 Å². The van der Waals surface area contributed by atoms with Crippen LogP contribution in [0.15, 0.2) is 5.16 Å². The van der Waals surface area contributed by atoms with Crippen LogP contribution in [0.2, 0.25) is 0 Å². The van der Waals surface area contributed by atoms with Gasteiger partial charge < -0.3 is 4.84 Å². The standard InChI is InChI=1S/C6H10NO/c1-5(7-8-2)6-3-4-6/h3-4H2,1-2H3/b7-5+. The lowest BCUT2D eigenvalue weighted by Crippen LogP contribution is -1.90. The van der Waals surface area contributed by atoms with Crippen LogP contribution in [0.5, 0.6) is 0 Å². The lowest BCUT2D eigenvalue weighted by Gasteiger charge is -1.90. The molecule has 1 fully saturated rings. The maximum absolute atomic E-state index is 4.57. The lowest BCUT2D eigenvalue weighted by molar-refractivity contribution is 0.213. The van der Waals surface area contributed by atoms with Crippen LogP contribution < -0.4 is 0 Å². The minimum absolute atomic E-state index is 1.06. The predicted molar refractivity (Wildman–Crippen MR) is 32.6 cm³/mol. The third-order valence-electron chi connectivity index (χ3n) is 1.24. The molecule has 0 spiro atoms. The third kappa shape index (κ3) is 1.22. The Morgan fingerprint density at radius 3 is 2.62 bits per heavy atom. The second-order valence-corrected chi connectivity index (χ2v) is 1.96. The topological polar surface area (TPSA) is 21.6 Å². The van der Waals surface area contributed by atoms with E-state index >= 15 is 0 Å². The van der Waals surface area contributed by atoms with Gasteiger partial charge in [-0.2, -0.15) is 0 Å². The fraction of sp³-hybridized carbons (Fsp3) is 0.667. The largest absolute Gasteiger partial charge is 0.399 e. The molecule has 45 valence electrons. The predicted octanol–water partition coefficient (Wildman–Crippen LogP) is 1.38. The molecular weight excluding hydrogens is 102 g/mol. The van der Waals surface area contributed by atoms with E-state index in [4.69, 9.17) is 0 Å². The Hall–Kier alpha value is -0.530. The Morgan fingerprint density at radius 2 is 2.25 bits per heavy atom. The summed E-state index contributed by atoms with van der Waals surface area (Å²) >= 11 is 0. The van der Waals surface area contributed by atoms with Gasteiger partial charge in [0.1, 0.15) is 7.11 Å². The molecule has 1 aliphatic rings. The first-order valence-electron chi connectivity index (χ1n) is 2.77. The van der Waals surface area contributed by atoms with Crippen molar-refractivity contribution in [3.8, 4) is 0 Å². The van der Waals surface area contributed by atoms with Crippen molar-refractivity contribution >= 4 is 5.71 Å². The average Bonchev–Trinajstić information content (AvgIpc) is 2.45. The fourth-order valence-electron chi connectivity index (χ4n) is 0.626. The maximum atomic E-state index is 4.57. The smallest absolute Gasteiger partial charge is 0.106 e. The highest BCUT2D eigenvalue weighted by molar-refractivity contribution is 5.97. The summed E-state index contributed by atoms with van der Waals surface area (Å²) in [5.74, 6) is 1.44. The Bertz CT molecular complexity index is 105. The molecule has 0 aromatic carbocycles. The van der Waals surface area contributed by atoms with Gasteiger partial charge in [0.25, 0.3) is 0 Å². The lowest BCUT2D eigenvalue weighted by atomic mass is 10.3. The van der Waals surface area contributed by atoms with Crippen LogP contribution in [-0.4, -0.2) is 12.8 Å². The number of hydrogen-bond acceptors (Lipinski definition) is 2. The molecule has 1 radical (unpaired) electrons. The Kier molecular flexibility index (Phi) is 1.51. The highest BCUT2D eigenvalue weighted by atomic mass is 16.6. The molecule has 0 saturated heterocycles. The normalized spacial score (nSPS) is 21.0. The fourth-order valence-corrected chi connectivity index (χ4v) is 0.626. The summed E-state index contributed by atoms with van der Waals surface area (Å²) in [5.41, 5.74) is 1.06. The zero-order chi connectivity index (χ0) is 5.98. The summed E-state index contributed by atoms with van der Waals surface area (Å²) in [7, 11) is 1.58. The summed E-state index contributed by atoms with van der Waals surface area (Å²) in [4.78, 5) is 4.57. The molecule has 2 nitrogen and oxygen atoms in total. The zero-order valence-electron chi connectivity index (χ0n) is 5.27. The molecule has 0 N–H and O–H groups in total. The highest BCUT2D eigenvalue weighted by Gasteiger charge is 2.25. The first kappa shape index (κ1) is 5.60. The molecule has 0 aliphatic heterocycles. The molecule has 1 rings (SSSR count). The second-order valence-electron chi connectivity index (χ2n) is 1.96. The summed E-state index contributed by atoms with van der Waals surface area (Å²) in [5, 5.41) is 3.77. The monoisotopic (exact) mass is 112 g/mol. The Balaban J connectivity index is 2.31. The molecule has 0 heterocycles. The number of nitrogens with zero attached hydrogens (tertiary/aromatic N) is 1. The number of oxime groups is 1. The van der Waals surface area contributed by atoms with Gasteiger partial charge in [0.15, 0.2) is 0 Å². The molecule has 8 heavy (non-hydrogen) atoms. The SMILES string of the molecule is CO/N=C(\C)[C]1CC1. The van der Waals surface area contributed by atoms with E-state index in [9.17, 15) is 0 Å². The van der Waals surface area contributed by atoms with Gasteiger partial charge >= 0.3 is 0 Å². The van der Waals surface area contributed by atoms with E-state index in [1.165, 1.54) is 18.8 Å². The van der Waals surface area contributed by atoms with Crippen molar-refractivity contribution in [2.24, 2.45) is 5.16 Å². The Morgan fingerprint density at radius 1 is 1.62 bits per heavy atom. The van der Waals surface area contributed by atoms with E-state index in [0.29, 0.717) is 0 Å². The van der Waals surface area contributed by atoms with E-state index in [1.54, 1.807) is 7.11 Å². The van der Waals surface area contributed by atoms with Gasteiger partial charge in [-0.1, -0.05) is 5.16 Å². The van der Waals surface area contributed by atoms with Crippen molar-refractivity contribution in [3.05, 3.63) is 5.92 Å². The minimum Gasteiger partial charge on any atom is -0.399 e. The van der Waals surface area contributed by atoms with Crippen LogP contribution in [0.1, 0.15) is 19.8 Å². The molecule has 1 aliphatic carbocycles. The van der Waals surface area contributed by atoms with Crippen LogP contribution in [-0.2, 0) is 4.84 Å². The summed E-state index contributed by atoms with van der Waals surface area (Å²) in [6, 6.07) is 0. The quantitative estimate of drug-likeness (QED) is 0.390. The first-order valence-corrected chi connectivity index (χ1v) is 2.77. The molecular formula is C6H10NO. The van der Waals surface area contributed by atoms with Gasteiger partial charge in [-0.25, -0.2) is 0 Å². The third-order valence-corrected chi connectivity index (χ3v) is 1.24. The van der Waals surface area contributed by atoms with Gasteiger partial charge in [-0.3, -0.25) is 0 Å². The molecule has 0 aromatic rings. The number of rotatable bonds is 2. The molecule has 2 heteroatoms. The van der Waals surface area contributed by atoms with Crippen molar-refractivity contribution in [1.82, 2.24) is 0 Å². The summed E-state index contributed by atoms with van der Waals surface area (Å²) in [6.07, 6.45) is 2.44. The van der Waals surface area contributed by atoms with E-state index in [0.717, 1.165) is 5.71 Å².